The summed E-state index contributed by atoms with van der Waals surface area (Å²) in [7, 11) is 0. The zero-order chi connectivity index (χ0) is 22.2. The van der Waals surface area contributed by atoms with E-state index in [-0.39, 0.29) is 17.4 Å². The molecule has 5 aliphatic rings. The van der Waals surface area contributed by atoms with Crippen molar-refractivity contribution < 1.29 is 9.53 Å². The summed E-state index contributed by atoms with van der Waals surface area (Å²) in [5, 5.41) is 11.5. The number of aliphatic imine (C=N–C) groups is 1. The number of rotatable bonds is 6. The predicted molar refractivity (Wildman–Crippen MR) is 125 cm³/mol. The van der Waals surface area contributed by atoms with Gasteiger partial charge in [0.1, 0.15) is 23.1 Å². The highest BCUT2D eigenvalue weighted by molar-refractivity contribution is 8.03. The molecule has 11 nitrogen and oxygen atoms in total. The van der Waals surface area contributed by atoms with Crippen LogP contribution >= 0.6 is 11.8 Å². The van der Waals surface area contributed by atoms with Crippen LogP contribution in [-0.4, -0.2) is 71.1 Å². The van der Waals surface area contributed by atoms with Gasteiger partial charge in [0.15, 0.2) is 0 Å². The molecular weight excluding hydrogens is 442 g/mol. The lowest BCUT2D eigenvalue weighted by Gasteiger charge is -2.34. The Labute approximate surface area is 195 Å². The van der Waals surface area contributed by atoms with Gasteiger partial charge in [-0.05, 0) is 18.9 Å². The monoisotopic (exact) mass is 469 g/mol. The number of nitrogens with one attached hydrogen (secondary N) is 5. The Kier molecular flexibility index (Phi) is 5.48. The van der Waals surface area contributed by atoms with Gasteiger partial charge in [-0.1, -0.05) is 0 Å². The Morgan fingerprint density at radius 3 is 2.94 bits per heavy atom. The Morgan fingerprint density at radius 2 is 2.15 bits per heavy atom. The molecule has 6 rings (SSSR count). The largest absolute Gasteiger partial charge is 0.378 e. The SMILES string of the molecule is O=C(NC1=CSC(C2N=CNN2)N1)C1=CC(n2cnc(C3CC3)c2)=C(N2CCOCC2)CN1. The average Bonchev–Trinajstić information content (AvgIpc) is 3.25. The highest BCUT2D eigenvalue weighted by Crippen LogP contribution is 2.39. The molecule has 5 heterocycles. The fourth-order valence-corrected chi connectivity index (χ4v) is 5.17. The zero-order valence-electron chi connectivity index (χ0n) is 18.1. The number of hydrogen-bond acceptors (Lipinski definition) is 10. The van der Waals surface area contributed by atoms with Gasteiger partial charge < -0.3 is 35.6 Å². The minimum Gasteiger partial charge on any atom is -0.378 e. The van der Waals surface area contributed by atoms with E-state index in [0.29, 0.717) is 37.2 Å². The van der Waals surface area contributed by atoms with Crippen molar-refractivity contribution in [1.82, 2.24) is 41.3 Å². The molecule has 12 heteroatoms. The van der Waals surface area contributed by atoms with Crippen LogP contribution in [0.3, 0.4) is 0 Å². The number of hydrogen-bond donors (Lipinski definition) is 5. The third-order valence-electron chi connectivity index (χ3n) is 6.23. The maximum absolute atomic E-state index is 13.1. The van der Waals surface area contributed by atoms with Crippen LogP contribution in [0.4, 0.5) is 0 Å². The molecule has 2 unspecified atom stereocenters. The van der Waals surface area contributed by atoms with Gasteiger partial charge in [-0.3, -0.25) is 9.79 Å². The summed E-state index contributed by atoms with van der Waals surface area (Å²) >= 11 is 1.58. The molecule has 1 aromatic rings. The van der Waals surface area contributed by atoms with Gasteiger partial charge >= 0.3 is 0 Å². The Balaban J connectivity index is 1.21. The van der Waals surface area contributed by atoms with Crippen LogP contribution in [0.2, 0.25) is 0 Å². The Morgan fingerprint density at radius 1 is 1.27 bits per heavy atom. The summed E-state index contributed by atoms with van der Waals surface area (Å²) < 4.78 is 7.60. The van der Waals surface area contributed by atoms with Crippen molar-refractivity contribution >= 4 is 29.7 Å². The van der Waals surface area contributed by atoms with Gasteiger partial charge in [-0.15, -0.1) is 11.8 Å². The van der Waals surface area contributed by atoms with E-state index in [1.165, 1.54) is 12.8 Å². The molecule has 1 saturated carbocycles. The summed E-state index contributed by atoms with van der Waals surface area (Å²) in [6.45, 7) is 3.66. The first-order chi connectivity index (χ1) is 16.2. The van der Waals surface area contributed by atoms with Crippen LogP contribution in [0.5, 0.6) is 0 Å². The number of morpholine rings is 1. The lowest BCUT2D eigenvalue weighted by molar-refractivity contribution is -0.117. The zero-order valence-corrected chi connectivity index (χ0v) is 18.9. The number of hydrazine groups is 1. The Hall–Kier alpha value is -2.96. The summed E-state index contributed by atoms with van der Waals surface area (Å²) in [4.78, 5) is 24.4. The van der Waals surface area contributed by atoms with Crippen LogP contribution in [0.1, 0.15) is 24.5 Å². The maximum Gasteiger partial charge on any atom is 0.272 e. The number of carbonyl (C=O) groups is 1. The molecule has 0 bridgehead atoms. The summed E-state index contributed by atoms with van der Waals surface area (Å²) in [5.74, 6) is 1.06. The molecule has 2 atom stereocenters. The minimum atomic E-state index is -0.183. The molecule has 4 aliphatic heterocycles. The molecule has 1 saturated heterocycles. The maximum atomic E-state index is 13.1. The lowest BCUT2D eigenvalue weighted by Crippen LogP contribution is -2.46. The number of nitrogens with zero attached hydrogens (tertiary/aromatic N) is 4. The number of allylic oxidation sites excluding steroid dienone is 2. The van der Waals surface area contributed by atoms with E-state index >= 15 is 0 Å². The molecule has 1 amide bonds. The number of dihydropyridines is 1. The van der Waals surface area contributed by atoms with Gasteiger partial charge in [0.25, 0.3) is 5.91 Å². The summed E-state index contributed by atoms with van der Waals surface area (Å²) in [5.41, 5.74) is 9.72. The molecule has 0 aromatic carbocycles. The molecule has 0 radical (unpaired) electrons. The number of amides is 1. The van der Waals surface area contributed by atoms with Crippen LogP contribution in [-0.2, 0) is 9.53 Å². The number of thioether (sulfide) groups is 1. The first-order valence-corrected chi connectivity index (χ1v) is 12.2. The lowest BCUT2D eigenvalue weighted by atomic mass is 10.1. The van der Waals surface area contributed by atoms with Gasteiger partial charge in [0.05, 0.1) is 49.5 Å². The van der Waals surface area contributed by atoms with E-state index in [1.54, 1.807) is 18.1 Å². The molecule has 1 aliphatic carbocycles. The molecule has 1 aromatic heterocycles. The van der Waals surface area contributed by atoms with Crippen molar-refractivity contribution in [3.05, 3.63) is 46.9 Å². The Bertz CT molecular complexity index is 1050. The van der Waals surface area contributed by atoms with E-state index in [9.17, 15) is 4.79 Å². The molecule has 33 heavy (non-hydrogen) atoms. The second-order valence-electron chi connectivity index (χ2n) is 8.52. The van der Waals surface area contributed by atoms with Crippen molar-refractivity contribution in [2.75, 3.05) is 32.8 Å². The van der Waals surface area contributed by atoms with E-state index in [0.717, 1.165) is 30.2 Å². The normalized spacial score (nSPS) is 27.0. The first kappa shape index (κ1) is 20.6. The second kappa shape index (κ2) is 8.76. The van der Waals surface area contributed by atoms with E-state index in [2.05, 4.69) is 52.4 Å². The van der Waals surface area contributed by atoms with Crippen molar-refractivity contribution in [3.8, 4) is 0 Å². The smallest absolute Gasteiger partial charge is 0.272 e. The number of aromatic nitrogens is 2. The molecule has 174 valence electrons. The van der Waals surface area contributed by atoms with E-state index < -0.39 is 0 Å². The van der Waals surface area contributed by atoms with Crippen LogP contribution in [0.25, 0.3) is 5.70 Å². The second-order valence-corrected chi connectivity index (χ2v) is 9.54. The van der Waals surface area contributed by atoms with E-state index in [4.69, 9.17) is 4.74 Å². The van der Waals surface area contributed by atoms with Crippen molar-refractivity contribution in [1.29, 1.82) is 0 Å². The number of ether oxygens (including phenoxy) is 1. The fraction of sp³-hybridized carbons (Fsp3) is 0.476. The molecule has 0 spiro atoms. The van der Waals surface area contributed by atoms with Crippen LogP contribution < -0.4 is 26.8 Å². The van der Waals surface area contributed by atoms with Crippen LogP contribution in [0.15, 0.2) is 46.2 Å². The highest BCUT2D eigenvalue weighted by Gasteiger charge is 2.30. The standard InChI is InChI=1S/C21H27N9O2S/c31-20(26-18-10-33-21(27-18)19-23-11-25-28-19)14-7-16(30-9-15(24-12-30)13-1-2-13)17(8-22-14)29-3-5-32-6-4-29/h7,9-13,19,21-22,27-28H,1-6,8H2,(H,23,25)(H,26,31). The molecule has 5 N–H and O–H groups in total. The van der Waals surface area contributed by atoms with Gasteiger partial charge in [0, 0.05) is 30.6 Å². The van der Waals surface area contributed by atoms with E-state index in [1.807, 2.05) is 17.8 Å². The van der Waals surface area contributed by atoms with Crippen molar-refractivity contribution in [2.45, 2.75) is 30.3 Å². The van der Waals surface area contributed by atoms with Gasteiger partial charge in [-0.25, -0.2) is 10.4 Å². The van der Waals surface area contributed by atoms with Gasteiger partial charge in [0.2, 0.25) is 0 Å². The topological polar surface area (TPSA) is 120 Å². The van der Waals surface area contributed by atoms with Gasteiger partial charge in [-0.2, -0.15) is 0 Å². The quantitative estimate of drug-likeness (QED) is 0.385. The summed E-state index contributed by atoms with van der Waals surface area (Å²) in [6.07, 6.45) is 9.84. The third kappa shape index (κ3) is 4.33. The highest BCUT2D eigenvalue weighted by atomic mass is 32.2. The average molecular weight is 470 g/mol. The number of carbonyl (C=O) groups excluding carboxylic acids is 1. The van der Waals surface area contributed by atoms with Crippen molar-refractivity contribution in [2.24, 2.45) is 4.99 Å². The first-order valence-electron chi connectivity index (χ1n) is 11.3. The predicted octanol–water partition coefficient (Wildman–Crippen LogP) is -0.212. The van der Waals surface area contributed by atoms with Crippen LogP contribution in [0, 0.1) is 0 Å². The fourth-order valence-electron chi connectivity index (χ4n) is 4.28. The summed E-state index contributed by atoms with van der Waals surface area (Å²) in [6, 6.07) is 0. The number of imidazole rings is 1. The third-order valence-corrected chi connectivity index (χ3v) is 7.27. The molecular formula is C21H27N9O2S. The minimum absolute atomic E-state index is 0.00928. The van der Waals surface area contributed by atoms with Crippen molar-refractivity contribution in [3.63, 3.8) is 0 Å². The molecule has 2 fully saturated rings.